The van der Waals surface area contributed by atoms with Crippen molar-refractivity contribution in [2.45, 2.75) is 443 Å². The predicted molar refractivity (Wildman–Crippen MR) is 357 cm³/mol. The molecule has 6 nitrogen and oxygen atoms in total. The Labute approximate surface area is 508 Å². The average Bonchev–Trinajstić information content (AvgIpc) is 3.47. The monoisotopic (exact) mass is 1140 g/mol. The van der Waals surface area contributed by atoms with E-state index in [9.17, 15) is 19.8 Å². The van der Waals surface area contributed by atoms with E-state index in [2.05, 4.69) is 31.3 Å². The number of esters is 1. The van der Waals surface area contributed by atoms with Crippen molar-refractivity contribution in [2.24, 2.45) is 0 Å². The molecule has 0 heterocycles. The van der Waals surface area contributed by atoms with Gasteiger partial charge in [-0.05, 0) is 51.4 Å². The van der Waals surface area contributed by atoms with Crippen molar-refractivity contribution in [1.29, 1.82) is 0 Å². The van der Waals surface area contributed by atoms with Gasteiger partial charge in [0.2, 0.25) is 5.91 Å². The van der Waals surface area contributed by atoms with Gasteiger partial charge in [-0.3, -0.25) is 9.59 Å². The van der Waals surface area contributed by atoms with Gasteiger partial charge in [0.1, 0.15) is 0 Å². The van der Waals surface area contributed by atoms with Gasteiger partial charge in [0.15, 0.2) is 0 Å². The van der Waals surface area contributed by atoms with Crippen LogP contribution in [0.5, 0.6) is 0 Å². The second-order valence-corrected chi connectivity index (χ2v) is 26.0. The molecular formula is C75H147NO5. The fraction of sp³-hybridized carbons (Fsp3) is 0.947. The van der Waals surface area contributed by atoms with Gasteiger partial charge in [0, 0.05) is 12.8 Å². The summed E-state index contributed by atoms with van der Waals surface area (Å²) in [6, 6.07) is -0.543. The van der Waals surface area contributed by atoms with Crippen LogP contribution in [0.1, 0.15) is 431 Å². The summed E-state index contributed by atoms with van der Waals surface area (Å²) < 4.78 is 5.50. The normalized spacial score (nSPS) is 12.5. The number of amides is 1. The number of hydrogen-bond acceptors (Lipinski definition) is 5. The van der Waals surface area contributed by atoms with Crippen LogP contribution in [0.15, 0.2) is 12.2 Å². The number of carbonyl (C=O) groups excluding carboxylic acids is 2. The van der Waals surface area contributed by atoms with Gasteiger partial charge < -0.3 is 20.3 Å². The molecule has 0 spiro atoms. The zero-order valence-electron chi connectivity index (χ0n) is 55.3. The molecular weight excluding hydrogens is 995 g/mol. The minimum absolute atomic E-state index is 0.0115. The maximum absolute atomic E-state index is 12.6. The summed E-state index contributed by atoms with van der Waals surface area (Å²) in [6.07, 6.45) is 88.4. The fourth-order valence-corrected chi connectivity index (χ4v) is 12.1. The first-order valence-corrected chi connectivity index (χ1v) is 37.4. The maximum atomic E-state index is 12.6. The lowest BCUT2D eigenvalue weighted by Crippen LogP contribution is -2.45. The Bertz CT molecular complexity index is 1220. The van der Waals surface area contributed by atoms with Gasteiger partial charge >= 0.3 is 5.97 Å². The molecule has 0 aliphatic heterocycles. The number of rotatable bonds is 71. The van der Waals surface area contributed by atoms with E-state index in [0.717, 1.165) is 44.9 Å². The molecule has 0 aliphatic rings. The molecule has 6 heteroatoms. The van der Waals surface area contributed by atoms with Crippen molar-refractivity contribution in [3.8, 4) is 0 Å². The summed E-state index contributed by atoms with van der Waals surface area (Å²) in [5.41, 5.74) is 0. The topological polar surface area (TPSA) is 95.9 Å². The van der Waals surface area contributed by atoms with Gasteiger partial charge in [-0.25, -0.2) is 0 Å². The third-order valence-electron chi connectivity index (χ3n) is 17.8. The molecule has 0 saturated heterocycles. The van der Waals surface area contributed by atoms with E-state index < -0.39 is 12.1 Å². The lowest BCUT2D eigenvalue weighted by atomic mass is 10.0. The number of carbonyl (C=O) groups is 2. The second kappa shape index (κ2) is 71.1. The molecule has 0 saturated carbocycles. The Hall–Kier alpha value is -1.40. The van der Waals surface area contributed by atoms with Crippen molar-refractivity contribution < 1.29 is 24.5 Å². The minimum Gasteiger partial charge on any atom is -0.466 e. The highest BCUT2D eigenvalue weighted by atomic mass is 16.5. The van der Waals surface area contributed by atoms with E-state index in [4.69, 9.17) is 4.74 Å². The van der Waals surface area contributed by atoms with Crippen LogP contribution in [0, 0.1) is 0 Å². The molecule has 0 aromatic rings. The predicted octanol–water partition coefficient (Wildman–Crippen LogP) is 24.3. The number of aliphatic hydroxyl groups excluding tert-OH is 2. The van der Waals surface area contributed by atoms with Crippen molar-refractivity contribution in [2.75, 3.05) is 13.2 Å². The highest BCUT2D eigenvalue weighted by Gasteiger charge is 2.20. The number of unbranched alkanes of at least 4 members (excludes halogenated alkanes) is 58. The molecule has 482 valence electrons. The van der Waals surface area contributed by atoms with Crippen molar-refractivity contribution >= 4 is 11.9 Å². The Morgan fingerprint density at radius 2 is 0.580 bits per heavy atom. The molecule has 0 rings (SSSR count). The summed E-state index contributed by atoms with van der Waals surface area (Å²) in [5.74, 6) is -0.0178. The van der Waals surface area contributed by atoms with Crippen LogP contribution in [0.2, 0.25) is 0 Å². The Balaban J connectivity index is 3.37. The third-order valence-corrected chi connectivity index (χ3v) is 17.8. The second-order valence-electron chi connectivity index (χ2n) is 26.0. The number of nitrogens with one attached hydrogen (secondary N) is 1. The zero-order valence-corrected chi connectivity index (χ0v) is 55.3. The molecule has 1 amide bonds. The third kappa shape index (κ3) is 67.6. The Kier molecular flexibility index (Phi) is 69.9. The van der Waals surface area contributed by atoms with Crippen LogP contribution in [-0.2, 0) is 14.3 Å². The summed E-state index contributed by atoms with van der Waals surface area (Å²) in [5, 5.41) is 23.5. The summed E-state index contributed by atoms with van der Waals surface area (Å²) in [4.78, 5) is 24.7. The van der Waals surface area contributed by atoms with E-state index in [0.29, 0.717) is 25.9 Å². The van der Waals surface area contributed by atoms with Gasteiger partial charge in [-0.1, -0.05) is 379 Å². The standard InChI is InChI=1S/C75H147NO5/c1-3-5-7-9-11-13-15-17-19-21-22-23-24-25-26-29-32-36-39-43-47-51-55-59-63-67-73(78)72(71-77)76-74(79)68-64-60-56-52-48-44-40-37-33-30-27-28-31-34-38-42-46-50-54-58-62-66-70-81-75(80)69-65-61-57-53-49-45-41-35-20-18-16-14-12-10-8-6-4-2/h18,20,72-73,77-78H,3-17,19,21-71H2,1-2H3,(H,76,79)/b20-18-. The molecule has 0 aromatic carbocycles. The minimum atomic E-state index is -0.666. The number of hydrogen-bond donors (Lipinski definition) is 3. The van der Waals surface area contributed by atoms with E-state index >= 15 is 0 Å². The molecule has 2 atom stereocenters. The number of allylic oxidation sites excluding steroid dienone is 2. The van der Waals surface area contributed by atoms with Crippen molar-refractivity contribution in [3.05, 3.63) is 12.2 Å². The first-order chi connectivity index (χ1) is 40.0. The largest absolute Gasteiger partial charge is 0.466 e. The molecule has 2 unspecified atom stereocenters. The van der Waals surface area contributed by atoms with Crippen LogP contribution < -0.4 is 5.32 Å². The molecule has 0 fully saturated rings. The molecule has 0 bridgehead atoms. The smallest absolute Gasteiger partial charge is 0.305 e. The fourth-order valence-electron chi connectivity index (χ4n) is 12.1. The molecule has 0 radical (unpaired) electrons. The first-order valence-electron chi connectivity index (χ1n) is 37.4. The Morgan fingerprint density at radius 1 is 0.333 bits per heavy atom. The summed E-state index contributed by atoms with van der Waals surface area (Å²) in [7, 11) is 0. The van der Waals surface area contributed by atoms with Crippen molar-refractivity contribution in [1.82, 2.24) is 5.32 Å². The average molecular weight is 1140 g/mol. The lowest BCUT2D eigenvalue weighted by Gasteiger charge is -2.22. The van der Waals surface area contributed by atoms with Crippen LogP contribution >= 0.6 is 0 Å². The summed E-state index contributed by atoms with van der Waals surface area (Å²) in [6.45, 7) is 5.00. The van der Waals surface area contributed by atoms with Crippen LogP contribution in [0.3, 0.4) is 0 Å². The van der Waals surface area contributed by atoms with Gasteiger partial charge in [-0.15, -0.1) is 0 Å². The van der Waals surface area contributed by atoms with Gasteiger partial charge in [-0.2, -0.15) is 0 Å². The number of aliphatic hydroxyl groups is 2. The van der Waals surface area contributed by atoms with E-state index in [1.54, 1.807) is 0 Å². The van der Waals surface area contributed by atoms with Gasteiger partial charge in [0.25, 0.3) is 0 Å². The van der Waals surface area contributed by atoms with E-state index in [-0.39, 0.29) is 18.5 Å². The van der Waals surface area contributed by atoms with E-state index in [1.807, 2.05) is 0 Å². The van der Waals surface area contributed by atoms with Crippen LogP contribution in [0.4, 0.5) is 0 Å². The molecule has 0 aliphatic carbocycles. The highest BCUT2D eigenvalue weighted by molar-refractivity contribution is 5.76. The SMILES string of the molecule is CCCCCCCC/C=C\CCCCCCCCCC(=O)OCCCCCCCCCCCCCCCCCCCCCCCCC(=O)NC(CO)C(O)CCCCCCCCCCCCCCCCCCCCCCCCCCC. The summed E-state index contributed by atoms with van der Waals surface area (Å²) >= 11 is 0. The first kappa shape index (κ1) is 79.6. The lowest BCUT2D eigenvalue weighted by molar-refractivity contribution is -0.143. The quantitative estimate of drug-likeness (QED) is 0.0320. The van der Waals surface area contributed by atoms with Gasteiger partial charge in [0.05, 0.1) is 25.4 Å². The highest BCUT2D eigenvalue weighted by Crippen LogP contribution is 2.20. The Morgan fingerprint density at radius 3 is 0.877 bits per heavy atom. The van der Waals surface area contributed by atoms with E-state index in [1.165, 1.54) is 353 Å². The maximum Gasteiger partial charge on any atom is 0.305 e. The molecule has 0 aromatic heterocycles. The van der Waals surface area contributed by atoms with Crippen molar-refractivity contribution in [3.63, 3.8) is 0 Å². The molecule has 3 N–H and O–H groups in total. The molecule has 81 heavy (non-hydrogen) atoms. The number of ether oxygens (including phenoxy) is 1. The zero-order chi connectivity index (χ0) is 58.5. The van der Waals surface area contributed by atoms with Crippen LogP contribution in [-0.4, -0.2) is 47.4 Å². The van der Waals surface area contributed by atoms with Crippen LogP contribution in [0.25, 0.3) is 0 Å².